The van der Waals surface area contributed by atoms with Gasteiger partial charge in [-0.1, -0.05) is 210 Å². The smallest absolute Gasteiger partial charge is 0.238 e. The Hall–Kier alpha value is -8.84. The molecule has 0 atom stereocenters. The van der Waals surface area contributed by atoms with Crippen molar-refractivity contribution in [3.63, 3.8) is 0 Å². The Labute approximate surface area is 443 Å². The van der Waals surface area contributed by atoms with Crippen molar-refractivity contribution in [2.24, 2.45) is 0 Å². The Morgan fingerprint density at radius 1 is 0.413 bits per heavy atom. The Morgan fingerprint density at radius 3 is 1.63 bits per heavy atom. The molecule has 1 aliphatic carbocycles. The molecule has 5 nitrogen and oxygen atoms in total. The van der Waals surface area contributed by atoms with Crippen molar-refractivity contribution in [3.8, 4) is 73.2 Å². The first-order valence-electron chi connectivity index (χ1n) is 25.8. The SMILES string of the molecule is CC(C)c1cccc(-c2nc(-c3ccccc3)nc(-n3c4ccc(-c5ccc(N(c6ccc(-c7ccccc7)cc6)c6ccccc6-c6ccccc6)cc5)cc4c4cc5c(cc43)C(C)(C)c3ccccc3-5)n2)c1S. The Balaban J connectivity index is 0.985. The van der Waals surface area contributed by atoms with Crippen LogP contribution in [0.15, 0.2) is 241 Å². The second-order valence-electron chi connectivity index (χ2n) is 20.4. The van der Waals surface area contributed by atoms with E-state index < -0.39 is 0 Å². The number of fused-ring (bicyclic) bond motifs is 6. The van der Waals surface area contributed by atoms with E-state index in [9.17, 15) is 0 Å². The standard InChI is InChI=1S/C69H53N5S/c1-44(2)53-27-18-28-56(65(53)75)67-70-66(49-23-12-7-13-24-49)71-68(72-67)74-63-40-35-50(41-58(63)59-42-57-55-26-14-16-29-60(55)69(3,4)61(57)43-64(59)74)47-33-38-52(39-34-47)73(51-36-31-46(32-37-51)45-19-8-5-9-20-45)62-30-17-15-25-54(62)48-21-10-6-11-22-48/h5-44,75H,1-4H3. The molecule has 0 radical (unpaired) electrons. The van der Waals surface area contributed by atoms with E-state index >= 15 is 0 Å². The topological polar surface area (TPSA) is 46.8 Å². The van der Waals surface area contributed by atoms with Crippen LogP contribution in [0.2, 0.25) is 0 Å². The number of nitrogens with zero attached hydrogens (tertiary/aromatic N) is 5. The molecule has 1 aliphatic rings. The van der Waals surface area contributed by atoms with Crippen LogP contribution in [0.1, 0.15) is 50.3 Å². The Morgan fingerprint density at radius 2 is 0.947 bits per heavy atom. The molecule has 0 spiro atoms. The zero-order chi connectivity index (χ0) is 50.8. The highest BCUT2D eigenvalue weighted by atomic mass is 32.1. The fraction of sp³-hybridized carbons (Fsp3) is 0.0870. The van der Waals surface area contributed by atoms with Crippen LogP contribution in [-0.4, -0.2) is 19.5 Å². The van der Waals surface area contributed by atoms with Gasteiger partial charge >= 0.3 is 0 Å². The van der Waals surface area contributed by atoms with Crippen molar-refractivity contribution < 1.29 is 0 Å². The summed E-state index contributed by atoms with van der Waals surface area (Å²) in [6.07, 6.45) is 0. The highest BCUT2D eigenvalue weighted by Crippen LogP contribution is 2.51. The maximum absolute atomic E-state index is 5.39. The Kier molecular flexibility index (Phi) is 11.4. The van der Waals surface area contributed by atoms with E-state index in [-0.39, 0.29) is 11.3 Å². The molecule has 0 bridgehead atoms. The second kappa shape index (κ2) is 18.6. The molecule has 0 unspecified atom stereocenters. The van der Waals surface area contributed by atoms with E-state index in [1.807, 2.05) is 18.2 Å². The minimum atomic E-state index is -0.217. The highest BCUT2D eigenvalue weighted by Gasteiger charge is 2.36. The molecule has 75 heavy (non-hydrogen) atoms. The molecule has 0 aliphatic heterocycles. The molecule has 0 saturated heterocycles. The molecule has 2 heterocycles. The third-order valence-electron chi connectivity index (χ3n) is 15.2. The second-order valence-corrected chi connectivity index (χ2v) is 20.8. The summed E-state index contributed by atoms with van der Waals surface area (Å²) in [5, 5.41) is 2.26. The molecule has 10 aromatic carbocycles. The van der Waals surface area contributed by atoms with Gasteiger partial charge in [0.2, 0.25) is 5.95 Å². The van der Waals surface area contributed by atoms with Crippen molar-refractivity contribution in [2.45, 2.75) is 43.9 Å². The fourth-order valence-corrected chi connectivity index (χ4v) is 11.8. The summed E-state index contributed by atoms with van der Waals surface area (Å²) in [6.45, 7) is 9.06. The molecule has 0 fully saturated rings. The third kappa shape index (κ3) is 8.01. The monoisotopic (exact) mass is 983 g/mol. The Bertz CT molecular complexity index is 4110. The quantitative estimate of drug-likeness (QED) is 0.139. The summed E-state index contributed by atoms with van der Waals surface area (Å²) < 4.78 is 2.25. The zero-order valence-electron chi connectivity index (χ0n) is 42.3. The lowest BCUT2D eigenvalue weighted by Crippen LogP contribution is -2.15. The summed E-state index contributed by atoms with van der Waals surface area (Å²) in [4.78, 5) is 19.2. The minimum absolute atomic E-state index is 0.217. The number of thiol groups is 1. The van der Waals surface area contributed by atoms with Crippen LogP contribution in [0, 0.1) is 0 Å². The maximum atomic E-state index is 5.39. The van der Waals surface area contributed by atoms with Gasteiger partial charge in [-0.15, -0.1) is 12.6 Å². The molecule has 13 rings (SSSR count). The summed E-state index contributed by atoms with van der Waals surface area (Å²) in [5.41, 5.74) is 20.1. The molecular formula is C69H53N5S. The van der Waals surface area contributed by atoms with Gasteiger partial charge in [0, 0.05) is 49.1 Å². The first-order chi connectivity index (χ1) is 36.7. The lowest BCUT2D eigenvalue weighted by atomic mass is 9.82. The number of rotatable bonds is 10. The fourth-order valence-electron chi connectivity index (χ4n) is 11.3. The van der Waals surface area contributed by atoms with Crippen molar-refractivity contribution in [1.82, 2.24) is 19.5 Å². The van der Waals surface area contributed by atoms with Crippen LogP contribution in [0.5, 0.6) is 0 Å². The van der Waals surface area contributed by atoms with Crippen LogP contribution in [0.3, 0.4) is 0 Å². The molecule has 0 amide bonds. The normalized spacial score (nSPS) is 12.6. The van der Waals surface area contributed by atoms with E-state index in [2.05, 4.69) is 256 Å². The molecular weight excluding hydrogens is 931 g/mol. The van der Waals surface area contributed by atoms with E-state index in [1.165, 1.54) is 33.4 Å². The van der Waals surface area contributed by atoms with Gasteiger partial charge in [-0.3, -0.25) is 4.57 Å². The van der Waals surface area contributed by atoms with Gasteiger partial charge in [-0.05, 0) is 116 Å². The summed E-state index contributed by atoms with van der Waals surface area (Å²) in [5.74, 6) is 2.02. The summed E-state index contributed by atoms with van der Waals surface area (Å²) in [6, 6.07) is 84.8. The zero-order valence-corrected chi connectivity index (χ0v) is 43.2. The van der Waals surface area contributed by atoms with Crippen LogP contribution in [0.25, 0.3) is 95.0 Å². The van der Waals surface area contributed by atoms with Crippen molar-refractivity contribution in [2.75, 3.05) is 4.90 Å². The van der Waals surface area contributed by atoms with Gasteiger partial charge in [0.25, 0.3) is 0 Å². The van der Waals surface area contributed by atoms with E-state index in [4.69, 9.17) is 27.6 Å². The van der Waals surface area contributed by atoms with Crippen LogP contribution in [-0.2, 0) is 5.41 Å². The first-order valence-corrected chi connectivity index (χ1v) is 26.2. The van der Waals surface area contributed by atoms with Crippen molar-refractivity contribution in [3.05, 3.63) is 253 Å². The van der Waals surface area contributed by atoms with Gasteiger partial charge in [0.1, 0.15) is 0 Å². The minimum Gasteiger partial charge on any atom is -0.310 e. The molecule has 360 valence electrons. The van der Waals surface area contributed by atoms with Gasteiger partial charge in [0.15, 0.2) is 11.6 Å². The number of benzene rings is 10. The van der Waals surface area contributed by atoms with Gasteiger partial charge in [-0.2, -0.15) is 9.97 Å². The number of anilines is 3. The molecule has 0 N–H and O–H groups in total. The predicted molar refractivity (Wildman–Crippen MR) is 315 cm³/mol. The van der Waals surface area contributed by atoms with E-state index in [1.54, 1.807) is 0 Å². The number of aromatic nitrogens is 4. The predicted octanol–water partition coefficient (Wildman–Crippen LogP) is 18.5. The summed E-state index contributed by atoms with van der Waals surface area (Å²) >= 11 is 5.13. The summed E-state index contributed by atoms with van der Waals surface area (Å²) in [7, 11) is 0. The van der Waals surface area contributed by atoms with E-state index in [0.717, 1.165) is 82.7 Å². The third-order valence-corrected chi connectivity index (χ3v) is 15.7. The van der Waals surface area contributed by atoms with Crippen LogP contribution < -0.4 is 4.90 Å². The average Bonchev–Trinajstić information content (AvgIpc) is 4.03. The van der Waals surface area contributed by atoms with Gasteiger partial charge in [-0.25, -0.2) is 4.98 Å². The number of hydrogen-bond acceptors (Lipinski definition) is 5. The van der Waals surface area contributed by atoms with Crippen LogP contribution in [0.4, 0.5) is 17.1 Å². The van der Waals surface area contributed by atoms with Gasteiger partial charge < -0.3 is 4.90 Å². The highest BCUT2D eigenvalue weighted by molar-refractivity contribution is 7.80. The first kappa shape index (κ1) is 46.0. The van der Waals surface area contributed by atoms with Gasteiger partial charge in [0.05, 0.1) is 16.7 Å². The maximum Gasteiger partial charge on any atom is 0.238 e. The van der Waals surface area contributed by atoms with Crippen molar-refractivity contribution in [1.29, 1.82) is 0 Å². The largest absolute Gasteiger partial charge is 0.310 e. The average molecular weight is 984 g/mol. The van der Waals surface area contributed by atoms with E-state index in [0.29, 0.717) is 17.6 Å². The number of hydrogen-bond donors (Lipinski definition) is 1. The lowest BCUT2D eigenvalue weighted by Gasteiger charge is -2.28. The molecule has 12 aromatic rings. The van der Waals surface area contributed by atoms with Crippen molar-refractivity contribution >= 4 is 51.5 Å². The number of para-hydroxylation sites is 1. The molecule has 0 saturated carbocycles. The lowest BCUT2D eigenvalue weighted by molar-refractivity contribution is 0.661. The van der Waals surface area contributed by atoms with Crippen LogP contribution >= 0.6 is 12.6 Å². The molecule has 2 aromatic heterocycles. The molecule has 6 heteroatoms.